The number of benzene rings is 1. The van der Waals surface area contributed by atoms with Gasteiger partial charge in [0, 0.05) is 23.5 Å². The van der Waals surface area contributed by atoms with Gasteiger partial charge in [0.15, 0.2) is 11.5 Å². The number of nitrogens with one attached hydrogen (secondary N) is 1. The van der Waals surface area contributed by atoms with Crippen molar-refractivity contribution in [3.05, 3.63) is 29.3 Å². The number of carbonyl (C=O) groups is 1. The molecular formula is C17H23N3O3S. The normalized spacial score (nSPS) is 11.8. The largest absolute Gasteiger partial charge is 0.493 e. The molecular weight excluding hydrogens is 326 g/mol. The van der Waals surface area contributed by atoms with E-state index < -0.39 is 0 Å². The third-order valence-electron chi connectivity index (χ3n) is 3.45. The number of amides is 1. The lowest BCUT2D eigenvalue weighted by Crippen LogP contribution is -2.30. The van der Waals surface area contributed by atoms with Crippen LogP contribution >= 0.6 is 11.3 Å². The summed E-state index contributed by atoms with van der Waals surface area (Å²) in [6, 6.07) is 5.73. The first-order valence-corrected chi connectivity index (χ1v) is 8.60. The number of carbonyl (C=O) groups excluding carboxylic acids is 1. The van der Waals surface area contributed by atoms with Crippen molar-refractivity contribution < 1.29 is 14.3 Å². The van der Waals surface area contributed by atoms with Gasteiger partial charge in [0.2, 0.25) is 5.91 Å². The highest BCUT2D eigenvalue weighted by molar-refractivity contribution is 7.13. The highest BCUT2D eigenvalue weighted by atomic mass is 32.1. The van der Waals surface area contributed by atoms with Crippen molar-refractivity contribution in [2.75, 3.05) is 20.8 Å². The molecule has 1 amide bonds. The van der Waals surface area contributed by atoms with Crippen LogP contribution in [0.15, 0.2) is 23.6 Å². The summed E-state index contributed by atoms with van der Waals surface area (Å²) >= 11 is 1.50. The third-order valence-corrected chi connectivity index (χ3v) is 4.39. The summed E-state index contributed by atoms with van der Waals surface area (Å²) in [5.41, 5.74) is 7.35. The number of aromatic nitrogens is 1. The molecule has 0 fully saturated rings. The van der Waals surface area contributed by atoms with Crippen LogP contribution in [0.2, 0.25) is 0 Å². The number of thiazole rings is 1. The van der Waals surface area contributed by atoms with Gasteiger partial charge in [-0.25, -0.2) is 4.98 Å². The Morgan fingerprint density at radius 3 is 2.75 bits per heavy atom. The van der Waals surface area contributed by atoms with Gasteiger partial charge in [-0.05, 0) is 31.5 Å². The minimum Gasteiger partial charge on any atom is -0.493 e. The first-order chi connectivity index (χ1) is 11.5. The molecule has 130 valence electrons. The molecule has 0 saturated carbocycles. The molecule has 2 aromatic rings. The summed E-state index contributed by atoms with van der Waals surface area (Å²) in [7, 11) is 3.20. The highest BCUT2D eigenvalue weighted by Gasteiger charge is 2.11. The van der Waals surface area contributed by atoms with Crippen molar-refractivity contribution in [3.8, 4) is 22.1 Å². The van der Waals surface area contributed by atoms with E-state index in [2.05, 4.69) is 10.3 Å². The zero-order valence-electron chi connectivity index (χ0n) is 14.2. The predicted octanol–water partition coefficient (Wildman–Crippen LogP) is 2.22. The molecule has 2 rings (SSSR count). The van der Waals surface area contributed by atoms with E-state index in [1.54, 1.807) is 14.2 Å². The molecule has 0 aliphatic rings. The SMILES string of the molecule is COc1ccc(-c2nc(CC(=O)NCCC(C)N)cs2)cc1OC. The standard InChI is InChI=1S/C17H23N3O3S/c1-11(18)6-7-19-16(21)9-13-10-24-17(20-13)12-4-5-14(22-2)15(8-12)23-3/h4-5,8,10-11H,6-7,9,18H2,1-3H3,(H,19,21). The van der Waals surface area contributed by atoms with Gasteiger partial charge < -0.3 is 20.5 Å². The van der Waals surface area contributed by atoms with Gasteiger partial charge in [-0.2, -0.15) is 0 Å². The van der Waals surface area contributed by atoms with Gasteiger partial charge in [-0.15, -0.1) is 11.3 Å². The van der Waals surface area contributed by atoms with Crippen LogP contribution in [0.4, 0.5) is 0 Å². The minimum absolute atomic E-state index is 0.0418. The predicted molar refractivity (Wildman–Crippen MR) is 95.6 cm³/mol. The zero-order chi connectivity index (χ0) is 17.5. The molecule has 0 bridgehead atoms. The zero-order valence-corrected chi connectivity index (χ0v) is 15.0. The van der Waals surface area contributed by atoms with Crippen molar-refractivity contribution in [1.29, 1.82) is 0 Å². The van der Waals surface area contributed by atoms with E-state index >= 15 is 0 Å². The van der Waals surface area contributed by atoms with E-state index in [4.69, 9.17) is 15.2 Å². The topological polar surface area (TPSA) is 86.5 Å². The lowest BCUT2D eigenvalue weighted by molar-refractivity contribution is -0.120. The van der Waals surface area contributed by atoms with Crippen LogP contribution < -0.4 is 20.5 Å². The van der Waals surface area contributed by atoms with E-state index in [-0.39, 0.29) is 18.4 Å². The Kier molecular flexibility index (Phi) is 6.57. The van der Waals surface area contributed by atoms with E-state index in [1.807, 2.05) is 30.5 Å². The van der Waals surface area contributed by atoms with Gasteiger partial charge in [0.1, 0.15) is 5.01 Å². The summed E-state index contributed by atoms with van der Waals surface area (Å²) < 4.78 is 10.5. The van der Waals surface area contributed by atoms with Gasteiger partial charge in [0.25, 0.3) is 0 Å². The maximum atomic E-state index is 11.9. The summed E-state index contributed by atoms with van der Waals surface area (Å²) in [4.78, 5) is 16.4. The summed E-state index contributed by atoms with van der Waals surface area (Å²) in [6.07, 6.45) is 1.03. The summed E-state index contributed by atoms with van der Waals surface area (Å²) in [5.74, 6) is 1.28. The van der Waals surface area contributed by atoms with Gasteiger partial charge in [0.05, 0.1) is 26.3 Å². The van der Waals surface area contributed by atoms with E-state index in [0.29, 0.717) is 18.0 Å². The van der Waals surface area contributed by atoms with Gasteiger partial charge in [-0.3, -0.25) is 4.79 Å². The van der Waals surface area contributed by atoms with Crippen molar-refractivity contribution >= 4 is 17.2 Å². The number of methoxy groups -OCH3 is 2. The number of hydrogen-bond donors (Lipinski definition) is 2. The maximum absolute atomic E-state index is 11.9. The van der Waals surface area contributed by atoms with Crippen LogP contribution in [0.25, 0.3) is 10.6 Å². The average molecular weight is 349 g/mol. The van der Waals surface area contributed by atoms with Crippen molar-refractivity contribution in [2.24, 2.45) is 5.73 Å². The lowest BCUT2D eigenvalue weighted by Gasteiger charge is -2.08. The molecule has 0 spiro atoms. The van der Waals surface area contributed by atoms with Crippen LogP contribution in [0.5, 0.6) is 11.5 Å². The molecule has 0 aliphatic carbocycles. The molecule has 0 radical (unpaired) electrons. The van der Waals surface area contributed by atoms with Crippen molar-refractivity contribution in [2.45, 2.75) is 25.8 Å². The molecule has 7 heteroatoms. The molecule has 1 unspecified atom stereocenters. The molecule has 0 saturated heterocycles. The lowest BCUT2D eigenvalue weighted by atomic mass is 10.2. The minimum atomic E-state index is -0.0418. The summed E-state index contributed by atoms with van der Waals surface area (Å²) in [6.45, 7) is 2.51. The average Bonchev–Trinajstić information content (AvgIpc) is 3.02. The quantitative estimate of drug-likeness (QED) is 0.763. The maximum Gasteiger partial charge on any atom is 0.226 e. The second-order valence-electron chi connectivity index (χ2n) is 5.51. The Balaban J connectivity index is 2.01. The fraction of sp³-hybridized carbons (Fsp3) is 0.412. The molecule has 3 N–H and O–H groups in total. The summed E-state index contributed by atoms with van der Waals surface area (Å²) in [5, 5.41) is 5.60. The first kappa shape index (κ1) is 18.2. The second kappa shape index (κ2) is 8.65. The Morgan fingerprint density at radius 1 is 1.33 bits per heavy atom. The first-order valence-electron chi connectivity index (χ1n) is 7.72. The van der Waals surface area contributed by atoms with Crippen LogP contribution in [0, 0.1) is 0 Å². The molecule has 1 heterocycles. The smallest absolute Gasteiger partial charge is 0.226 e. The number of ether oxygens (including phenoxy) is 2. The Labute approximate surface area is 146 Å². The molecule has 0 aliphatic heterocycles. The third kappa shape index (κ3) is 4.94. The Bertz CT molecular complexity index is 685. The van der Waals surface area contributed by atoms with Crippen LogP contribution in [-0.2, 0) is 11.2 Å². The molecule has 1 atom stereocenters. The number of rotatable bonds is 8. The van der Waals surface area contributed by atoms with Crippen LogP contribution in [0.3, 0.4) is 0 Å². The highest BCUT2D eigenvalue weighted by Crippen LogP contribution is 2.33. The van der Waals surface area contributed by atoms with E-state index in [0.717, 1.165) is 22.7 Å². The molecule has 24 heavy (non-hydrogen) atoms. The van der Waals surface area contributed by atoms with Gasteiger partial charge in [-0.1, -0.05) is 0 Å². The molecule has 1 aromatic heterocycles. The van der Waals surface area contributed by atoms with E-state index in [9.17, 15) is 4.79 Å². The Hall–Kier alpha value is -2.12. The monoisotopic (exact) mass is 349 g/mol. The van der Waals surface area contributed by atoms with Crippen molar-refractivity contribution in [3.63, 3.8) is 0 Å². The molecule has 6 nitrogen and oxygen atoms in total. The number of nitrogens with zero attached hydrogens (tertiary/aromatic N) is 1. The van der Waals surface area contributed by atoms with Gasteiger partial charge >= 0.3 is 0 Å². The van der Waals surface area contributed by atoms with Crippen LogP contribution in [0.1, 0.15) is 19.0 Å². The number of hydrogen-bond acceptors (Lipinski definition) is 6. The fourth-order valence-electron chi connectivity index (χ4n) is 2.16. The van der Waals surface area contributed by atoms with Crippen molar-refractivity contribution in [1.82, 2.24) is 10.3 Å². The molecule has 1 aromatic carbocycles. The second-order valence-corrected chi connectivity index (χ2v) is 6.36. The fourth-order valence-corrected chi connectivity index (χ4v) is 2.97. The van der Waals surface area contributed by atoms with Crippen LogP contribution in [-0.4, -0.2) is 37.7 Å². The number of nitrogens with two attached hydrogens (primary N) is 1. The van der Waals surface area contributed by atoms with E-state index in [1.165, 1.54) is 11.3 Å². The Morgan fingerprint density at radius 2 is 2.08 bits per heavy atom.